The molecule has 3 aliphatic rings. The molecule has 1 aromatic carbocycles. The van der Waals surface area contributed by atoms with E-state index in [1.165, 1.54) is 9.87 Å². The standard InChI is InChI=1S/C29H43N5O6S/c1-27(2,3)39-25(35)31-41(37,38)33-19-29(20-33,14-15-30)32-16-12-22(13-17-32)34(26(36)40-28(4,5)6)24-18-23(24)21-10-8-7-9-11-21/h7-11,22-24H,12-14,16-20H2,1-6H3,(H,31,35)/t23-,24-/m0/s1. The van der Waals surface area contributed by atoms with E-state index in [9.17, 15) is 23.3 Å². The molecule has 0 spiro atoms. The number of amides is 2. The highest BCUT2D eigenvalue weighted by Gasteiger charge is 2.54. The van der Waals surface area contributed by atoms with Gasteiger partial charge in [-0.15, -0.1) is 0 Å². The fourth-order valence-corrected chi connectivity index (χ4v) is 7.06. The van der Waals surface area contributed by atoms with Gasteiger partial charge in [0.2, 0.25) is 0 Å². The Hall–Kier alpha value is -2.88. The van der Waals surface area contributed by atoms with Crippen LogP contribution in [0.15, 0.2) is 30.3 Å². The van der Waals surface area contributed by atoms with Crippen LogP contribution in [0, 0.1) is 11.3 Å². The summed E-state index contributed by atoms with van der Waals surface area (Å²) in [5.41, 5.74) is -0.880. The van der Waals surface area contributed by atoms with Crippen LogP contribution in [0.2, 0.25) is 0 Å². The summed E-state index contributed by atoms with van der Waals surface area (Å²) >= 11 is 0. The van der Waals surface area contributed by atoms with Crippen molar-refractivity contribution < 1.29 is 27.5 Å². The molecule has 1 saturated carbocycles. The maximum atomic E-state index is 13.4. The van der Waals surface area contributed by atoms with Gasteiger partial charge in [-0.1, -0.05) is 30.3 Å². The average Bonchev–Trinajstić information content (AvgIpc) is 3.60. The second kappa shape index (κ2) is 11.4. The zero-order valence-electron chi connectivity index (χ0n) is 24.9. The number of rotatable bonds is 7. The topological polar surface area (TPSA) is 132 Å². The molecule has 4 rings (SSSR count). The number of likely N-dealkylation sites (tertiary alicyclic amines) is 1. The molecule has 2 aliphatic heterocycles. The van der Waals surface area contributed by atoms with Crippen LogP contribution in [0.1, 0.15) is 78.7 Å². The normalized spacial score (nSPS) is 23.5. The van der Waals surface area contributed by atoms with Crippen LogP contribution in [-0.2, 0) is 19.7 Å². The van der Waals surface area contributed by atoms with Crippen molar-refractivity contribution in [2.24, 2.45) is 0 Å². The number of nitrogens with zero attached hydrogens (tertiary/aromatic N) is 4. The Labute approximate surface area is 243 Å². The van der Waals surface area contributed by atoms with Crippen molar-refractivity contribution in [3.63, 3.8) is 0 Å². The molecule has 41 heavy (non-hydrogen) atoms. The van der Waals surface area contributed by atoms with Crippen molar-refractivity contribution in [3.8, 4) is 6.07 Å². The Morgan fingerprint density at radius 2 is 1.63 bits per heavy atom. The Kier molecular flexibility index (Phi) is 8.65. The lowest BCUT2D eigenvalue weighted by atomic mass is 9.84. The minimum atomic E-state index is -4.11. The third kappa shape index (κ3) is 7.50. The Morgan fingerprint density at radius 1 is 1.05 bits per heavy atom. The molecule has 0 bridgehead atoms. The van der Waals surface area contributed by atoms with Gasteiger partial charge in [0.25, 0.3) is 0 Å². The molecule has 0 aromatic heterocycles. The molecule has 2 heterocycles. The number of nitriles is 1. The Balaban J connectivity index is 1.41. The molecule has 1 aliphatic carbocycles. The summed E-state index contributed by atoms with van der Waals surface area (Å²) in [7, 11) is -4.11. The molecule has 2 atom stereocenters. The number of ether oxygens (including phenoxy) is 2. The monoisotopic (exact) mass is 589 g/mol. The second-order valence-electron chi connectivity index (χ2n) is 13.4. The van der Waals surface area contributed by atoms with Gasteiger partial charge >= 0.3 is 22.4 Å². The van der Waals surface area contributed by atoms with E-state index in [-0.39, 0.29) is 43.6 Å². The maximum Gasteiger partial charge on any atom is 0.422 e. The summed E-state index contributed by atoms with van der Waals surface area (Å²) in [6, 6.07) is 12.5. The van der Waals surface area contributed by atoms with Gasteiger partial charge in [0.05, 0.1) is 18.0 Å². The van der Waals surface area contributed by atoms with Crippen LogP contribution in [0.3, 0.4) is 0 Å². The first-order valence-corrected chi connectivity index (χ1v) is 15.7. The summed E-state index contributed by atoms with van der Waals surface area (Å²) in [6.07, 6.45) is 1.08. The van der Waals surface area contributed by atoms with E-state index in [4.69, 9.17) is 9.47 Å². The van der Waals surface area contributed by atoms with Crippen molar-refractivity contribution >= 4 is 22.4 Å². The maximum absolute atomic E-state index is 13.4. The van der Waals surface area contributed by atoms with Gasteiger partial charge in [0.15, 0.2) is 0 Å². The van der Waals surface area contributed by atoms with Crippen molar-refractivity contribution in [2.75, 3.05) is 26.2 Å². The van der Waals surface area contributed by atoms with E-state index in [0.29, 0.717) is 25.9 Å². The molecule has 3 fully saturated rings. The molecule has 0 radical (unpaired) electrons. The van der Waals surface area contributed by atoms with Crippen LogP contribution in [0.25, 0.3) is 0 Å². The van der Waals surface area contributed by atoms with Crippen LogP contribution >= 0.6 is 0 Å². The summed E-state index contributed by atoms with van der Waals surface area (Å²) in [5, 5.41) is 9.60. The molecular formula is C29H43N5O6S. The first kappa shape index (κ1) is 31.1. The van der Waals surface area contributed by atoms with Crippen molar-refractivity contribution in [3.05, 3.63) is 35.9 Å². The minimum absolute atomic E-state index is 0.0207. The largest absolute Gasteiger partial charge is 0.444 e. The first-order valence-electron chi connectivity index (χ1n) is 14.2. The second-order valence-corrected chi connectivity index (χ2v) is 15.0. The predicted molar refractivity (Wildman–Crippen MR) is 153 cm³/mol. The molecule has 0 unspecified atom stereocenters. The molecule has 1 aromatic rings. The first-order chi connectivity index (χ1) is 19.0. The number of hydrogen-bond donors (Lipinski definition) is 1. The van der Waals surface area contributed by atoms with E-state index in [2.05, 4.69) is 23.1 Å². The van der Waals surface area contributed by atoms with Gasteiger partial charge in [0, 0.05) is 44.2 Å². The van der Waals surface area contributed by atoms with E-state index >= 15 is 0 Å². The Bertz CT molecular complexity index is 1250. The van der Waals surface area contributed by atoms with Crippen molar-refractivity contribution in [1.82, 2.24) is 18.8 Å². The number of carbonyl (C=O) groups is 2. The lowest BCUT2D eigenvalue weighted by molar-refractivity contribution is -0.0416. The summed E-state index contributed by atoms with van der Waals surface area (Å²) < 4.78 is 39.7. The lowest BCUT2D eigenvalue weighted by Gasteiger charge is -2.56. The summed E-state index contributed by atoms with van der Waals surface area (Å²) in [6.45, 7) is 12.0. The molecule has 2 amide bonds. The number of carbonyl (C=O) groups excluding carboxylic acids is 2. The van der Waals surface area contributed by atoms with Crippen LogP contribution in [0.4, 0.5) is 9.59 Å². The zero-order chi connectivity index (χ0) is 30.2. The van der Waals surface area contributed by atoms with Crippen LogP contribution in [0.5, 0.6) is 0 Å². The number of hydrogen-bond acceptors (Lipinski definition) is 8. The van der Waals surface area contributed by atoms with E-state index in [1.54, 1.807) is 20.8 Å². The predicted octanol–water partition coefficient (Wildman–Crippen LogP) is 3.98. The number of nitrogens with one attached hydrogen (secondary N) is 1. The lowest BCUT2D eigenvalue weighted by Crippen LogP contribution is -2.73. The van der Waals surface area contributed by atoms with Gasteiger partial charge in [-0.25, -0.2) is 14.3 Å². The Morgan fingerprint density at radius 3 is 2.17 bits per heavy atom. The zero-order valence-corrected chi connectivity index (χ0v) is 25.7. The van der Waals surface area contributed by atoms with Crippen molar-refractivity contribution in [2.45, 2.75) is 102 Å². The molecule has 12 heteroatoms. The summed E-state index contributed by atoms with van der Waals surface area (Å²) in [5.74, 6) is 0.273. The number of benzene rings is 1. The highest BCUT2D eigenvalue weighted by atomic mass is 32.2. The molecule has 226 valence electrons. The number of piperidine rings is 1. The SMILES string of the molecule is CC(C)(C)OC(=O)NS(=O)(=O)N1CC(CC#N)(N2CCC(N(C(=O)OC(C)(C)C)[C@H]3C[C@H]3c3ccccc3)CC2)C1. The van der Waals surface area contributed by atoms with E-state index < -0.39 is 33.0 Å². The fraction of sp³-hybridized carbons (Fsp3) is 0.690. The minimum Gasteiger partial charge on any atom is -0.444 e. The highest BCUT2D eigenvalue weighted by molar-refractivity contribution is 7.87. The third-order valence-corrected chi connectivity index (χ3v) is 9.14. The van der Waals surface area contributed by atoms with E-state index in [1.807, 2.05) is 48.6 Å². The highest BCUT2D eigenvalue weighted by Crippen LogP contribution is 2.47. The van der Waals surface area contributed by atoms with Gasteiger partial charge in [0.1, 0.15) is 11.2 Å². The van der Waals surface area contributed by atoms with Gasteiger partial charge in [-0.05, 0) is 66.4 Å². The summed E-state index contributed by atoms with van der Waals surface area (Å²) in [4.78, 5) is 29.6. The fourth-order valence-electron chi connectivity index (χ4n) is 5.86. The quantitative estimate of drug-likeness (QED) is 0.505. The smallest absolute Gasteiger partial charge is 0.422 e. The van der Waals surface area contributed by atoms with Crippen LogP contribution in [-0.4, -0.2) is 89.7 Å². The molecule has 11 nitrogen and oxygen atoms in total. The van der Waals surface area contributed by atoms with Gasteiger partial charge in [-0.2, -0.15) is 18.0 Å². The molecular weight excluding hydrogens is 546 g/mol. The van der Waals surface area contributed by atoms with Crippen LogP contribution < -0.4 is 4.72 Å². The van der Waals surface area contributed by atoms with Crippen molar-refractivity contribution in [1.29, 1.82) is 5.26 Å². The average molecular weight is 590 g/mol. The third-order valence-electron chi connectivity index (χ3n) is 7.78. The molecule has 2 saturated heterocycles. The van der Waals surface area contributed by atoms with Gasteiger partial charge < -0.3 is 14.4 Å². The van der Waals surface area contributed by atoms with E-state index in [0.717, 1.165) is 6.42 Å². The molecule has 1 N–H and O–H groups in total. The van der Waals surface area contributed by atoms with Gasteiger partial charge in [-0.3, -0.25) is 4.90 Å².